The molecule has 21 heavy (non-hydrogen) atoms. The van der Waals surface area contributed by atoms with E-state index in [1.54, 1.807) is 0 Å². The molecule has 0 unspecified atom stereocenters. The van der Waals surface area contributed by atoms with Gasteiger partial charge in [-0.3, -0.25) is 4.79 Å². The number of hydrogen-bond donors (Lipinski definition) is 0. The Morgan fingerprint density at radius 3 is 2.43 bits per heavy atom. The van der Waals surface area contributed by atoms with Gasteiger partial charge in [-0.05, 0) is 17.7 Å². The zero-order valence-corrected chi connectivity index (χ0v) is 10.7. The van der Waals surface area contributed by atoms with E-state index in [4.69, 9.17) is 9.47 Å². The molecule has 1 amide bonds. The highest BCUT2D eigenvalue weighted by atomic mass is 19.4. The van der Waals surface area contributed by atoms with Gasteiger partial charge in [0.05, 0.1) is 0 Å². The highest BCUT2D eigenvalue weighted by Crippen LogP contribution is 2.37. The predicted octanol–water partition coefficient (Wildman–Crippen LogP) is 2.57. The van der Waals surface area contributed by atoms with E-state index in [1.807, 2.05) is 0 Å². The normalized spacial score (nSPS) is 14.2. The quantitative estimate of drug-likeness (QED) is 0.805. The number of halogens is 5. The Labute approximate surface area is 116 Å². The average molecular weight is 311 g/mol. The Morgan fingerprint density at radius 2 is 1.81 bits per heavy atom. The molecule has 0 saturated heterocycles. The molecule has 0 fully saturated rings. The van der Waals surface area contributed by atoms with Crippen molar-refractivity contribution in [3.05, 3.63) is 23.8 Å². The first-order valence-electron chi connectivity index (χ1n) is 5.71. The van der Waals surface area contributed by atoms with Crippen LogP contribution in [-0.4, -0.2) is 36.7 Å². The Hall–Kier alpha value is -2.06. The molecule has 2 rings (SSSR count). The highest BCUT2D eigenvalue weighted by molar-refractivity contribution is 5.84. The largest absolute Gasteiger partial charge is 0.463 e. The van der Waals surface area contributed by atoms with Crippen LogP contribution in [0.3, 0.4) is 0 Å². The van der Waals surface area contributed by atoms with Crippen LogP contribution in [0.2, 0.25) is 0 Å². The molecule has 0 saturated carbocycles. The number of benzene rings is 1. The summed E-state index contributed by atoms with van der Waals surface area (Å²) in [6.07, 6.45) is -5.92. The van der Waals surface area contributed by atoms with Gasteiger partial charge in [0.25, 0.3) is 0 Å². The summed E-state index contributed by atoms with van der Waals surface area (Å²) in [6, 6.07) is 4.35. The first-order chi connectivity index (χ1) is 9.63. The molecule has 0 N–H and O–H groups in total. The van der Waals surface area contributed by atoms with Crippen LogP contribution in [0.5, 0.6) is 11.5 Å². The molecule has 1 aromatic carbocycles. The molecule has 0 aliphatic carbocycles. The summed E-state index contributed by atoms with van der Waals surface area (Å²) in [5, 5.41) is 0. The van der Waals surface area contributed by atoms with E-state index < -0.39 is 24.6 Å². The third-order valence-corrected chi connectivity index (χ3v) is 2.83. The van der Waals surface area contributed by atoms with Crippen molar-refractivity contribution >= 4 is 5.91 Å². The number of amides is 1. The van der Waals surface area contributed by atoms with Crippen LogP contribution in [0, 0.1) is 0 Å². The summed E-state index contributed by atoms with van der Waals surface area (Å²) < 4.78 is 72.3. The van der Waals surface area contributed by atoms with E-state index in [-0.39, 0.29) is 6.79 Å². The van der Waals surface area contributed by atoms with E-state index in [2.05, 4.69) is 0 Å². The number of fused-ring (bicyclic) bond motifs is 1. The molecule has 0 atom stereocenters. The molecule has 9 heteroatoms. The number of rotatable bonds is 3. The number of hydrogen-bond acceptors (Lipinski definition) is 3. The molecular formula is C12H10F5NO3. The lowest BCUT2D eigenvalue weighted by Crippen LogP contribution is -2.50. The van der Waals surface area contributed by atoms with Crippen LogP contribution in [0.25, 0.3) is 0 Å². The average Bonchev–Trinajstić information content (AvgIpc) is 2.83. The maximum atomic E-state index is 12.9. The van der Waals surface area contributed by atoms with E-state index >= 15 is 0 Å². The lowest BCUT2D eigenvalue weighted by Gasteiger charge is -2.24. The molecule has 1 heterocycles. The molecule has 1 aliphatic heterocycles. The Bertz CT molecular complexity index is 558. The van der Waals surface area contributed by atoms with Crippen molar-refractivity contribution in [2.45, 2.75) is 18.6 Å². The maximum Gasteiger partial charge on any atom is 0.463 e. The second kappa shape index (κ2) is 5.05. The van der Waals surface area contributed by atoms with E-state index in [0.29, 0.717) is 22.0 Å². The zero-order chi connectivity index (χ0) is 15.8. The van der Waals surface area contributed by atoms with Gasteiger partial charge in [-0.25, -0.2) is 0 Å². The molecule has 0 spiro atoms. The van der Waals surface area contributed by atoms with Gasteiger partial charge in [-0.15, -0.1) is 0 Å². The van der Waals surface area contributed by atoms with Gasteiger partial charge in [0.15, 0.2) is 11.5 Å². The topological polar surface area (TPSA) is 38.8 Å². The van der Waals surface area contributed by atoms with E-state index in [0.717, 1.165) is 7.05 Å². The standard InChI is InChI=1S/C12H10F5NO3/c1-18(10(19)11(13,14)12(15,16)17)5-7-2-3-8-9(4-7)21-6-20-8/h2-4H,5-6H2,1H3. The summed E-state index contributed by atoms with van der Waals surface area (Å²) in [6.45, 7) is -0.416. The van der Waals surface area contributed by atoms with E-state index in [1.165, 1.54) is 18.2 Å². The van der Waals surface area contributed by atoms with Crippen LogP contribution < -0.4 is 9.47 Å². The van der Waals surface area contributed by atoms with Crippen LogP contribution in [0.1, 0.15) is 5.56 Å². The van der Waals surface area contributed by atoms with Gasteiger partial charge >= 0.3 is 18.0 Å². The fourth-order valence-electron chi connectivity index (χ4n) is 1.75. The van der Waals surface area contributed by atoms with Crippen molar-refractivity contribution in [3.8, 4) is 11.5 Å². The molecular weight excluding hydrogens is 301 g/mol. The van der Waals surface area contributed by atoms with Gasteiger partial charge in [0.1, 0.15) is 0 Å². The lowest BCUT2D eigenvalue weighted by molar-refractivity contribution is -0.274. The van der Waals surface area contributed by atoms with Crippen LogP contribution >= 0.6 is 0 Å². The summed E-state index contributed by atoms with van der Waals surface area (Å²) in [5.41, 5.74) is 0.341. The molecule has 116 valence electrons. The van der Waals surface area contributed by atoms with Crippen molar-refractivity contribution in [1.29, 1.82) is 0 Å². The molecule has 1 aliphatic rings. The first kappa shape index (κ1) is 15.3. The van der Waals surface area contributed by atoms with Gasteiger partial charge in [-0.2, -0.15) is 22.0 Å². The van der Waals surface area contributed by atoms with Crippen molar-refractivity contribution in [2.24, 2.45) is 0 Å². The van der Waals surface area contributed by atoms with Crippen LogP contribution in [-0.2, 0) is 11.3 Å². The Morgan fingerprint density at radius 1 is 1.19 bits per heavy atom. The predicted molar refractivity (Wildman–Crippen MR) is 60.0 cm³/mol. The maximum absolute atomic E-state index is 12.9. The Kier molecular flexibility index (Phi) is 3.68. The van der Waals surface area contributed by atoms with Gasteiger partial charge < -0.3 is 14.4 Å². The number of ether oxygens (including phenoxy) is 2. The molecule has 0 radical (unpaired) electrons. The Balaban J connectivity index is 2.11. The molecule has 1 aromatic rings. The molecule has 0 bridgehead atoms. The van der Waals surface area contributed by atoms with Crippen LogP contribution in [0.15, 0.2) is 18.2 Å². The van der Waals surface area contributed by atoms with Crippen molar-refractivity contribution in [2.75, 3.05) is 13.8 Å². The summed E-state index contributed by atoms with van der Waals surface area (Å²) in [4.78, 5) is 11.6. The third-order valence-electron chi connectivity index (χ3n) is 2.83. The number of alkyl halides is 5. The highest BCUT2D eigenvalue weighted by Gasteiger charge is 2.64. The van der Waals surface area contributed by atoms with Crippen LogP contribution in [0.4, 0.5) is 22.0 Å². The second-order valence-corrected chi connectivity index (χ2v) is 4.42. The SMILES string of the molecule is CN(Cc1ccc2c(c1)OCO2)C(=O)C(F)(F)C(F)(F)F. The number of carbonyl (C=O) groups is 1. The first-order valence-corrected chi connectivity index (χ1v) is 5.71. The molecule has 0 aromatic heterocycles. The third kappa shape index (κ3) is 2.86. The van der Waals surface area contributed by atoms with Gasteiger partial charge in [-0.1, -0.05) is 6.07 Å². The minimum absolute atomic E-state index is 0.000296. The summed E-state index contributed by atoms with van der Waals surface area (Å²) in [5.74, 6) is -6.95. The monoisotopic (exact) mass is 311 g/mol. The zero-order valence-electron chi connectivity index (χ0n) is 10.7. The minimum Gasteiger partial charge on any atom is -0.454 e. The van der Waals surface area contributed by atoms with E-state index in [9.17, 15) is 26.7 Å². The fraction of sp³-hybridized carbons (Fsp3) is 0.417. The summed E-state index contributed by atoms with van der Waals surface area (Å²) >= 11 is 0. The van der Waals surface area contributed by atoms with Gasteiger partial charge in [0, 0.05) is 13.6 Å². The minimum atomic E-state index is -5.92. The smallest absolute Gasteiger partial charge is 0.454 e. The number of nitrogens with zero attached hydrogens (tertiary/aromatic N) is 1. The van der Waals surface area contributed by atoms with Crippen molar-refractivity contribution in [3.63, 3.8) is 0 Å². The second-order valence-electron chi connectivity index (χ2n) is 4.42. The van der Waals surface area contributed by atoms with Crippen molar-refractivity contribution in [1.82, 2.24) is 4.90 Å². The van der Waals surface area contributed by atoms with Gasteiger partial charge in [0.2, 0.25) is 6.79 Å². The van der Waals surface area contributed by atoms with Crippen molar-refractivity contribution < 1.29 is 36.2 Å². The summed E-state index contributed by atoms with van der Waals surface area (Å²) in [7, 11) is 0.868. The number of carbonyl (C=O) groups excluding carboxylic acids is 1. The molecule has 4 nitrogen and oxygen atoms in total. The lowest BCUT2D eigenvalue weighted by atomic mass is 10.2. The fourth-order valence-corrected chi connectivity index (χ4v) is 1.75.